The molecule has 0 spiro atoms. The molecule has 6 nitrogen and oxygen atoms in total. The number of rotatable bonds is 7. The number of sulfonamides is 1. The minimum Gasteiger partial charge on any atom is -0.493 e. The molecule has 0 aromatic heterocycles. The van der Waals surface area contributed by atoms with E-state index < -0.39 is 10.0 Å². The second-order valence-corrected chi connectivity index (χ2v) is 10.6. The highest BCUT2D eigenvalue weighted by Crippen LogP contribution is 2.36. The molecule has 1 heterocycles. The molecule has 0 bridgehead atoms. The number of aryl methyl sites for hydroxylation is 1. The zero-order valence-electron chi connectivity index (χ0n) is 20.0. The molecule has 0 fully saturated rings. The van der Waals surface area contributed by atoms with Crippen molar-refractivity contribution in [3.8, 4) is 17.2 Å². The first-order valence-electron chi connectivity index (χ1n) is 11.0. The molecule has 0 unspecified atom stereocenters. The van der Waals surface area contributed by atoms with E-state index in [2.05, 4.69) is 0 Å². The lowest BCUT2D eigenvalue weighted by Crippen LogP contribution is -2.31. The summed E-state index contributed by atoms with van der Waals surface area (Å²) in [5, 5.41) is 0. The Balaban J connectivity index is 1.79. The number of ether oxygens (including phenoxy) is 3. The molecule has 0 saturated carbocycles. The van der Waals surface area contributed by atoms with Gasteiger partial charge in [-0.2, -0.15) is 0 Å². The van der Waals surface area contributed by atoms with Crippen molar-refractivity contribution in [2.24, 2.45) is 0 Å². The number of fused-ring (bicyclic) bond motifs is 1. The molecular weight excluding hydrogens is 450 g/mol. The summed E-state index contributed by atoms with van der Waals surface area (Å²) < 4.78 is 45.9. The predicted molar refractivity (Wildman–Crippen MR) is 134 cm³/mol. The third-order valence-electron chi connectivity index (χ3n) is 5.81. The maximum atomic E-state index is 13.9. The van der Waals surface area contributed by atoms with Crippen molar-refractivity contribution >= 4 is 21.8 Å². The maximum Gasteiger partial charge on any atom is 0.264 e. The van der Waals surface area contributed by atoms with Gasteiger partial charge in [0.1, 0.15) is 11.4 Å². The number of nitrogens with zero attached hydrogens (tertiary/aromatic N) is 1. The van der Waals surface area contributed by atoms with Crippen LogP contribution in [0.5, 0.6) is 17.2 Å². The molecule has 0 atom stereocenters. The lowest BCUT2D eigenvalue weighted by Gasteiger charge is -2.30. The summed E-state index contributed by atoms with van der Waals surface area (Å²) in [6.07, 6.45) is 4.03. The van der Waals surface area contributed by atoms with Gasteiger partial charge in [-0.3, -0.25) is 4.31 Å². The molecule has 3 aromatic rings. The fourth-order valence-electron chi connectivity index (χ4n) is 3.91. The molecule has 3 aromatic carbocycles. The van der Waals surface area contributed by atoms with Crippen molar-refractivity contribution in [1.82, 2.24) is 0 Å². The lowest BCUT2D eigenvalue weighted by atomic mass is 9.98. The van der Waals surface area contributed by atoms with Gasteiger partial charge in [0.25, 0.3) is 10.0 Å². The van der Waals surface area contributed by atoms with E-state index in [4.69, 9.17) is 14.2 Å². The summed E-state index contributed by atoms with van der Waals surface area (Å²) in [4.78, 5) is 0.120. The molecule has 0 saturated heterocycles. The van der Waals surface area contributed by atoms with Crippen molar-refractivity contribution in [2.75, 3.05) is 18.5 Å². The highest BCUT2D eigenvalue weighted by Gasteiger charge is 2.28. The average molecular weight is 480 g/mol. The molecule has 4 rings (SSSR count). The topological polar surface area (TPSA) is 65.1 Å². The summed E-state index contributed by atoms with van der Waals surface area (Å²) in [5.41, 5.74) is 2.96. The highest BCUT2D eigenvalue weighted by atomic mass is 32.2. The van der Waals surface area contributed by atoms with Gasteiger partial charge < -0.3 is 14.2 Å². The third kappa shape index (κ3) is 4.61. The van der Waals surface area contributed by atoms with Crippen LogP contribution in [0.3, 0.4) is 0 Å². The van der Waals surface area contributed by atoms with Gasteiger partial charge in [0, 0.05) is 11.6 Å². The molecule has 0 N–H and O–H groups in total. The molecule has 0 aliphatic carbocycles. The van der Waals surface area contributed by atoms with Crippen LogP contribution in [0, 0.1) is 6.92 Å². The number of methoxy groups -OCH3 is 2. The van der Waals surface area contributed by atoms with Crippen LogP contribution in [0.4, 0.5) is 5.69 Å². The standard InChI is InChI=1S/C27H29NO5S/c1-19-15-25-20(13-14-27(2,3)33-25)16-21(19)18-28(22-9-7-6-8-10-22)34(29,30)23-11-12-24(31-4)26(17-23)32-5/h6-17H,18H2,1-5H3. The molecule has 34 heavy (non-hydrogen) atoms. The van der Waals surface area contributed by atoms with Gasteiger partial charge in [0.2, 0.25) is 0 Å². The highest BCUT2D eigenvalue weighted by molar-refractivity contribution is 7.92. The van der Waals surface area contributed by atoms with Crippen molar-refractivity contribution in [3.63, 3.8) is 0 Å². The zero-order valence-corrected chi connectivity index (χ0v) is 20.8. The second-order valence-electron chi connectivity index (χ2n) is 8.72. The quantitative estimate of drug-likeness (QED) is 0.442. The van der Waals surface area contributed by atoms with Crippen LogP contribution in [0.1, 0.15) is 30.5 Å². The Kier molecular flexibility index (Phi) is 6.32. The third-order valence-corrected chi connectivity index (χ3v) is 7.58. The van der Waals surface area contributed by atoms with Crippen LogP contribution in [0.25, 0.3) is 6.08 Å². The fourth-order valence-corrected chi connectivity index (χ4v) is 5.37. The molecule has 1 aliphatic rings. The van der Waals surface area contributed by atoms with Crippen LogP contribution >= 0.6 is 0 Å². The van der Waals surface area contributed by atoms with E-state index in [1.807, 2.05) is 63.3 Å². The minimum absolute atomic E-state index is 0.120. The Morgan fingerprint density at radius 1 is 0.941 bits per heavy atom. The van der Waals surface area contributed by atoms with Gasteiger partial charge in [-0.25, -0.2) is 8.42 Å². The maximum absolute atomic E-state index is 13.9. The summed E-state index contributed by atoms with van der Waals surface area (Å²) >= 11 is 0. The first-order valence-corrected chi connectivity index (χ1v) is 12.4. The van der Waals surface area contributed by atoms with E-state index in [-0.39, 0.29) is 17.0 Å². The molecule has 178 valence electrons. The predicted octanol–water partition coefficient (Wildman–Crippen LogP) is 5.59. The Morgan fingerprint density at radius 2 is 1.65 bits per heavy atom. The fraction of sp³-hybridized carbons (Fsp3) is 0.259. The number of hydrogen-bond donors (Lipinski definition) is 0. The van der Waals surface area contributed by atoms with Gasteiger partial charge in [0.15, 0.2) is 11.5 Å². The van der Waals surface area contributed by atoms with E-state index in [0.29, 0.717) is 17.2 Å². The van der Waals surface area contributed by atoms with E-state index in [9.17, 15) is 8.42 Å². The lowest BCUT2D eigenvalue weighted by molar-refractivity contribution is 0.159. The van der Waals surface area contributed by atoms with Crippen molar-refractivity contribution in [1.29, 1.82) is 0 Å². The monoisotopic (exact) mass is 479 g/mol. The van der Waals surface area contributed by atoms with Gasteiger partial charge in [0.05, 0.1) is 31.3 Å². The number of benzene rings is 3. The van der Waals surface area contributed by atoms with Crippen LogP contribution in [-0.4, -0.2) is 28.2 Å². The van der Waals surface area contributed by atoms with E-state index >= 15 is 0 Å². The summed E-state index contributed by atoms with van der Waals surface area (Å²) in [7, 11) is -0.921. The Hall–Kier alpha value is -3.45. The smallest absolute Gasteiger partial charge is 0.264 e. The number of hydrogen-bond acceptors (Lipinski definition) is 5. The van der Waals surface area contributed by atoms with Gasteiger partial charge in [-0.15, -0.1) is 0 Å². The molecular formula is C27H29NO5S. The number of anilines is 1. The van der Waals surface area contributed by atoms with Crippen molar-refractivity contribution in [3.05, 3.63) is 83.4 Å². The minimum atomic E-state index is -3.92. The Labute approximate surface area is 201 Å². The van der Waals surface area contributed by atoms with Gasteiger partial charge >= 0.3 is 0 Å². The molecule has 1 aliphatic heterocycles. The Bertz CT molecular complexity index is 1330. The summed E-state index contributed by atoms with van der Waals surface area (Å²) in [5.74, 6) is 1.61. The van der Waals surface area contributed by atoms with Crippen LogP contribution < -0.4 is 18.5 Å². The largest absolute Gasteiger partial charge is 0.493 e. The number of para-hydroxylation sites is 1. The first kappa shape index (κ1) is 23.7. The summed E-state index contributed by atoms with van der Waals surface area (Å²) in [6, 6.07) is 17.7. The normalized spacial score (nSPS) is 14.1. The first-order chi connectivity index (χ1) is 16.1. The van der Waals surface area contributed by atoms with Crippen molar-refractivity contribution in [2.45, 2.75) is 37.8 Å². The molecule has 0 amide bonds. The van der Waals surface area contributed by atoms with Crippen LogP contribution in [0.2, 0.25) is 0 Å². The van der Waals surface area contributed by atoms with Crippen molar-refractivity contribution < 1.29 is 22.6 Å². The molecule has 0 radical (unpaired) electrons. The second kappa shape index (κ2) is 9.06. The van der Waals surface area contributed by atoms with Gasteiger partial charge in [-0.1, -0.05) is 24.3 Å². The van der Waals surface area contributed by atoms with Crippen LogP contribution in [-0.2, 0) is 16.6 Å². The van der Waals surface area contributed by atoms with Crippen LogP contribution in [0.15, 0.2) is 71.6 Å². The van der Waals surface area contributed by atoms with E-state index in [1.54, 1.807) is 18.2 Å². The van der Waals surface area contributed by atoms with Gasteiger partial charge in [-0.05, 0) is 74.4 Å². The average Bonchev–Trinajstić information content (AvgIpc) is 2.82. The zero-order chi connectivity index (χ0) is 24.5. The Morgan fingerprint density at radius 3 is 2.32 bits per heavy atom. The van der Waals surface area contributed by atoms with E-state index in [0.717, 1.165) is 22.4 Å². The summed E-state index contributed by atoms with van der Waals surface area (Å²) in [6.45, 7) is 6.14. The SMILES string of the molecule is COc1ccc(S(=O)(=O)N(Cc2cc3c(cc2C)OC(C)(C)C=C3)c2ccccc2)cc1OC. The molecule has 7 heteroatoms. The van der Waals surface area contributed by atoms with E-state index in [1.165, 1.54) is 30.7 Å².